The van der Waals surface area contributed by atoms with Crippen LogP contribution in [0.5, 0.6) is 5.75 Å². The van der Waals surface area contributed by atoms with Crippen LogP contribution in [0.4, 0.5) is 0 Å². The molecule has 0 spiro atoms. The first-order chi connectivity index (χ1) is 9.72. The van der Waals surface area contributed by atoms with Gasteiger partial charge in [-0.1, -0.05) is 17.3 Å². The van der Waals surface area contributed by atoms with Crippen molar-refractivity contribution in [3.63, 3.8) is 0 Å². The molecule has 0 fully saturated rings. The minimum Gasteiger partial charge on any atom is -0.494 e. The van der Waals surface area contributed by atoms with Gasteiger partial charge >= 0.3 is 0 Å². The summed E-state index contributed by atoms with van der Waals surface area (Å²) in [5, 5.41) is 3.96. The van der Waals surface area contributed by atoms with Crippen LogP contribution in [-0.4, -0.2) is 36.5 Å². The van der Waals surface area contributed by atoms with E-state index in [9.17, 15) is 0 Å². The minimum atomic E-state index is -0.150. The number of benzene rings is 1. The molecule has 1 unspecified atom stereocenters. The lowest BCUT2D eigenvalue weighted by Crippen LogP contribution is -2.28. The van der Waals surface area contributed by atoms with E-state index in [1.165, 1.54) is 0 Å². The maximum Gasteiger partial charge on any atom is 0.228 e. The molecule has 6 nitrogen and oxygen atoms in total. The molecule has 1 atom stereocenters. The van der Waals surface area contributed by atoms with Crippen molar-refractivity contribution in [2.45, 2.75) is 19.4 Å². The fourth-order valence-corrected chi connectivity index (χ4v) is 1.84. The summed E-state index contributed by atoms with van der Waals surface area (Å²) in [5.74, 6) is 1.82. The molecule has 20 heavy (non-hydrogen) atoms. The van der Waals surface area contributed by atoms with Crippen LogP contribution in [0.1, 0.15) is 12.8 Å². The summed E-state index contributed by atoms with van der Waals surface area (Å²) in [5.41, 5.74) is 6.71. The third kappa shape index (κ3) is 3.79. The number of methoxy groups -OCH3 is 1. The highest BCUT2D eigenvalue weighted by molar-refractivity contribution is 5.56. The first-order valence-electron chi connectivity index (χ1n) is 6.53. The van der Waals surface area contributed by atoms with Gasteiger partial charge in [0.25, 0.3) is 0 Å². The van der Waals surface area contributed by atoms with Crippen molar-refractivity contribution in [1.82, 2.24) is 10.1 Å². The number of hydrogen-bond acceptors (Lipinski definition) is 6. The summed E-state index contributed by atoms with van der Waals surface area (Å²) in [7, 11) is 1.61. The topological polar surface area (TPSA) is 83.4 Å². The fraction of sp³-hybridized carbons (Fsp3) is 0.429. The van der Waals surface area contributed by atoms with Crippen molar-refractivity contribution in [2.24, 2.45) is 5.73 Å². The molecule has 0 aliphatic carbocycles. The van der Waals surface area contributed by atoms with Crippen LogP contribution in [0.3, 0.4) is 0 Å². The molecular formula is C14H19N3O3. The summed E-state index contributed by atoms with van der Waals surface area (Å²) in [6.45, 7) is 3.01. The zero-order valence-electron chi connectivity index (χ0n) is 11.7. The largest absolute Gasteiger partial charge is 0.494 e. The second kappa shape index (κ2) is 7.02. The van der Waals surface area contributed by atoms with E-state index < -0.39 is 0 Å². The summed E-state index contributed by atoms with van der Waals surface area (Å²) >= 11 is 0. The zero-order valence-corrected chi connectivity index (χ0v) is 11.7. The van der Waals surface area contributed by atoms with E-state index in [0.717, 1.165) is 11.3 Å². The van der Waals surface area contributed by atoms with Crippen molar-refractivity contribution < 1.29 is 14.0 Å². The first-order valence-corrected chi connectivity index (χ1v) is 6.53. The lowest BCUT2D eigenvalue weighted by Gasteiger charge is -2.05. The Morgan fingerprint density at radius 1 is 1.40 bits per heavy atom. The van der Waals surface area contributed by atoms with E-state index in [-0.39, 0.29) is 6.04 Å². The van der Waals surface area contributed by atoms with E-state index in [0.29, 0.717) is 31.3 Å². The molecule has 2 aromatic rings. The molecule has 1 aromatic carbocycles. The van der Waals surface area contributed by atoms with Gasteiger partial charge in [0.05, 0.1) is 13.2 Å². The lowest BCUT2D eigenvalue weighted by molar-refractivity contribution is 0.176. The highest BCUT2D eigenvalue weighted by atomic mass is 16.5. The normalized spacial score (nSPS) is 12.3. The molecule has 0 radical (unpaired) electrons. The third-order valence-electron chi connectivity index (χ3n) is 2.69. The highest BCUT2D eigenvalue weighted by Gasteiger charge is 2.12. The van der Waals surface area contributed by atoms with E-state index >= 15 is 0 Å². The van der Waals surface area contributed by atoms with E-state index in [2.05, 4.69) is 10.1 Å². The van der Waals surface area contributed by atoms with Crippen LogP contribution in [0.25, 0.3) is 11.4 Å². The van der Waals surface area contributed by atoms with Gasteiger partial charge in [-0.2, -0.15) is 4.98 Å². The Balaban J connectivity index is 2.10. The fourth-order valence-electron chi connectivity index (χ4n) is 1.84. The van der Waals surface area contributed by atoms with Gasteiger partial charge in [0.15, 0.2) is 0 Å². The van der Waals surface area contributed by atoms with Gasteiger partial charge in [-0.05, 0) is 19.1 Å². The number of nitrogens with two attached hydrogens (primary N) is 1. The average Bonchev–Trinajstić information content (AvgIpc) is 2.88. The summed E-state index contributed by atoms with van der Waals surface area (Å²) in [6.07, 6.45) is 0.492. The maximum atomic E-state index is 5.86. The van der Waals surface area contributed by atoms with Gasteiger partial charge in [0.2, 0.25) is 11.7 Å². The van der Waals surface area contributed by atoms with Crippen molar-refractivity contribution in [3.05, 3.63) is 30.2 Å². The van der Waals surface area contributed by atoms with Gasteiger partial charge in [-0.25, -0.2) is 0 Å². The number of hydrogen-bond donors (Lipinski definition) is 1. The molecule has 6 heteroatoms. The molecule has 0 aliphatic heterocycles. The Morgan fingerprint density at radius 2 is 2.25 bits per heavy atom. The molecular weight excluding hydrogens is 258 g/mol. The maximum absolute atomic E-state index is 5.86. The molecule has 1 heterocycles. The predicted molar refractivity (Wildman–Crippen MR) is 74.5 cm³/mol. The second-order valence-corrected chi connectivity index (χ2v) is 4.39. The highest BCUT2D eigenvalue weighted by Crippen LogP contribution is 2.21. The molecule has 1 aromatic heterocycles. The van der Waals surface area contributed by atoms with Gasteiger partial charge in [0, 0.05) is 25.1 Å². The quantitative estimate of drug-likeness (QED) is 0.828. The van der Waals surface area contributed by atoms with Gasteiger partial charge in [-0.3, -0.25) is 0 Å². The molecule has 0 saturated heterocycles. The van der Waals surface area contributed by atoms with Gasteiger partial charge in [0.1, 0.15) is 5.75 Å². The van der Waals surface area contributed by atoms with Crippen molar-refractivity contribution in [3.8, 4) is 17.1 Å². The Kier molecular flexibility index (Phi) is 5.09. The predicted octanol–water partition coefficient (Wildman–Crippen LogP) is 1.65. The van der Waals surface area contributed by atoms with E-state index in [1.807, 2.05) is 31.2 Å². The van der Waals surface area contributed by atoms with Gasteiger partial charge in [-0.15, -0.1) is 0 Å². The van der Waals surface area contributed by atoms with Crippen molar-refractivity contribution >= 4 is 0 Å². The first kappa shape index (κ1) is 14.5. The van der Waals surface area contributed by atoms with Crippen LogP contribution in [0, 0.1) is 0 Å². The SMILES string of the molecule is CCOc1cccc(-c2noc(CC(N)COC)n2)c1. The Labute approximate surface area is 117 Å². The number of ether oxygens (including phenoxy) is 2. The number of rotatable bonds is 7. The molecule has 0 bridgehead atoms. The molecule has 2 rings (SSSR count). The number of aromatic nitrogens is 2. The van der Waals surface area contributed by atoms with Crippen molar-refractivity contribution in [2.75, 3.05) is 20.3 Å². The lowest BCUT2D eigenvalue weighted by atomic mass is 10.2. The molecule has 2 N–H and O–H groups in total. The summed E-state index contributed by atoms with van der Waals surface area (Å²) < 4.78 is 15.6. The Hall–Kier alpha value is -1.92. The molecule has 0 saturated carbocycles. The zero-order chi connectivity index (χ0) is 14.4. The minimum absolute atomic E-state index is 0.150. The standard InChI is InChI=1S/C14H19N3O3/c1-3-19-12-6-4-5-10(7-12)14-16-13(20-17-14)8-11(15)9-18-2/h4-7,11H,3,8-9,15H2,1-2H3. The Bertz CT molecular complexity index is 542. The van der Waals surface area contributed by atoms with Crippen LogP contribution < -0.4 is 10.5 Å². The molecule has 108 valence electrons. The summed E-state index contributed by atoms with van der Waals surface area (Å²) in [6, 6.07) is 7.43. The van der Waals surface area contributed by atoms with Crippen LogP contribution in [0.15, 0.2) is 28.8 Å². The molecule has 0 aliphatic rings. The van der Waals surface area contributed by atoms with E-state index in [1.54, 1.807) is 7.11 Å². The second-order valence-electron chi connectivity index (χ2n) is 4.39. The summed E-state index contributed by atoms with van der Waals surface area (Å²) in [4.78, 5) is 4.34. The van der Waals surface area contributed by atoms with Crippen molar-refractivity contribution in [1.29, 1.82) is 0 Å². The average molecular weight is 277 g/mol. The van der Waals surface area contributed by atoms with E-state index in [4.69, 9.17) is 19.7 Å². The van der Waals surface area contributed by atoms with Crippen LogP contribution in [-0.2, 0) is 11.2 Å². The third-order valence-corrected chi connectivity index (χ3v) is 2.69. The smallest absolute Gasteiger partial charge is 0.228 e. The monoisotopic (exact) mass is 277 g/mol. The number of nitrogens with zero attached hydrogens (tertiary/aromatic N) is 2. The Morgan fingerprint density at radius 3 is 3.00 bits per heavy atom. The van der Waals surface area contributed by atoms with Crippen LogP contribution in [0.2, 0.25) is 0 Å². The van der Waals surface area contributed by atoms with Gasteiger partial charge < -0.3 is 19.7 Å². The molecule has 0 amide bonds. The van der Waals surface area contributed by atoms with Crippen LogP contribution >= 0.6 is 0 Å².